The molecule has 0 heterocycles. The Bertz CT molecular complexity index is 865. The standard InChI is InChI=1S/C16H8I2S2/c17-19-13-7-9-3-1-4-10-8-14(20-18)12-6-2-5-11(13)16(12)15(9)10/h1-8H. The summed E-state index contributed by atoms with van der Waals surface area (Å²) in [7, 11) is 3.60. The van der Waals surface area contributed by atoms with Crippen molar-refractivity contribution in [2.45, 2.75) is 9.79 Å². The van der Waals surface area contributed by atoms with Crippen LogP contribution >= 0.6 is 60.3 Å². The maximum absolute atomic E-state index is 2.38. The molecule has 0 amide bonds. The van der Waals surface area contributed by atoms with Crippen molar-refractivity contribution < 1.29 is 0 Å². The number of rotatable bonds is 2. The van der Waals surface area contributed by atoms with E-state index < -0.39 is 0 Å². The van der Waals surface area contributed by atoms with Gasteiger partial charge >= 0.3 is 0 Å². The Morgan fingerprint density at radius 2 is 1.15 bits per heavy atom. The normalized spacial score (nSPS) is 11.9. The van der Waals surface area contributed by atoms with E-state index in [1.165, 1.54) is 42.1 Å². The van der Waals surface area contributed by atoms with Gasteiger partial charge in [0.05, 0.1) is 0 Å². The van der Waals surface area contributed by atoms with Gasteiger partial charge in [-0.25, -0.2) is 0 Å². The molecular formula is C16H8I2S2. The van der Waals surface area contributed by atoms with Crippen LogP contribution in [0.1, 0.15) is 0 Å². The lowest BCUT2D eigenvalue weighted by Gasteiger charge is -2.15. The molecule has 4 aromatic rings. The van der Waals surface area contributed by atoms with Crippen LogP contribution in [-0.2, 0) is 0 Å². The summed E-state index contributed by atoms with van der Waals surface area (Å²) >= 11 is 4.76. The Hall–Kier alpha value is 0.0800. The molecule has 0 N–H and O–H groups in total. The average molecular weight is 518 g/mol. The smallest absolute Gasteiger partial charge is 0.0263 e. The first kappa shape index (κ1) is 13.7. The molecule has 0 unspecified atom stereocenters. The Morgan fingerprint density at radius 1 is 0.650 bits per heavy atom. The molecule has 4 heteroatoms. The van der Waals surface area contributed by atoms with Crippen LogP contribution < -0.4 is 0 Å². The van der Waals surface area contributed by atoms with E-state index in [4.69, 9.17) is 0 Å². The molecular weight excluding hydrogens is 510 g/mol. The highest BCUT2D eigenvalue weighted by atomic mass is 127. The molecule has 0 saturated carbocycles. The average Bonchev–Trinajstić information content (AvgIpc) is 2.51. The molecule has 0 spiro atoms. The van der Waals surface area contributed by atoms with Crippen molar-refractivity contribution >= 4 is 92.6 Å². The Kier molecular flexibility index (Phi) is 3.68. The Morgan fingerprint density at radius 3 is 1.65 bits per heavy atom. The Labute approximate surface area is 149 Å². The van der Waals surface area contributed by atoms with Crippen LogP contribution in [0.2, 0.25) is 0 Å². The van der Waals surface area contributed by atoms with Crippen molar-refractivity contribution in [3.8, 4) is 0 Å². The van der Waals surface area contributed by atoms with E-state index in [9.17, 15) is 0 Å². The molecule has 20 heavy (non-hydrogen) atoms. The third-order valence-electron chi connectivity index (χ3n) is 3.71. The van der Waals surface area contributed by atoms with Crippen molar-refractivity contribution in [2.24, 2.45) is 0 Å². The molecule has 0 saturated heterocycles. The highest BCUT2D eigenvalue weighted by molar-refractivity contribution is 14.2. The van der Waals surface area contributed by atoms with Gasteiger partial charge in [-0.1, -0.05) is 54.3 Å². The molecule has 4 aromatic carbocycles. The van der Waals surface area contributed by atoms with E-state index in [0.29, 0.717) is 0 Å². The monoisotopic (exact) mass is 518 g/mol. The summed E-state index contributed by atoms with van der Waals surface area (Å²) in [6, 6.07) is 17.9. The maximum Gasteiger partial charge on any atom is 0.0263 e. The fourth-order valence-corrected chi connectivity index (χ4v) is 5.95. The second kappa shape index (κ2) is 5.37. The number of benzene rings is 4. The number of halogens is 2. The van der Waals surface area contributed by atoms with Gasteiger partial charge in [0.2, 0.25) is 0 Å². The lowest BCUT2D eigenvalue weighted by molar-refractivity contribution is 1.56. The molecule has 0 nitrogen and oxygen atoms in total. The number of hydrogen-bond acceptors (Lipinski definition) is 2. The van der Waals surface area contributed by atoms with Gasteiger partial charge in [-0.05, 0) is 44.5 Å². The summed E-state index contributed by atoms with van der Waals surface area (Å²) in [4.78, 5) is 2.71. The van der Waals surface area contributed by atoms with Gasteiger partial charge in [0.25, 0.3) is 0 Å². The third kappa shape index (κ3) is 1.94. The first-order valence-corrected chi connectivity index (χ1v) is 12.8. The van der Waals surface area contributed by atoms with Gasteiger partial charge in [0, 0.05) is 52.2 Å². The van der Waals surface area contributed by atoms with Crippen LogP contribution in [0.3, 0.4) is 0 Å². The molecule has 0 atom stereocenters. The van der Waals surface area contributed by atoms with Crippen molar-refractivity contribution in [2.75, 3.05) is 0 Å². The van der Waals surface area contributed by atoms with Gasteiger partial charge in [0.1, 0.15) is 0 Å². The summed E-state index contributed by atoms with van der Waals surface area (Å²) in [6.07, 6.45) is 0. The second-order valence-electron chi connectivity index (χ2n) is 4.71. The van der Waals surface area contributed by atoms with E-state index >= 15 is 0 Å². The van der Waals surface area contributed by atoms with Crippen LogP contribution in [0, 0.1) is 0 Å². The largest absolute Gasteiger partial charge is 0.0610 e. The highest BCUT2D eigenvalue weighted by Crippen LogP contribution is 2.45. The van der Waals surface area contributed by atoms with Crippen molar-refractivity contribution in [1.82, 2.24) is 0 Å². The topological polar surface area (TPSA) is 0 Å². The predicted octanol–water partition coefficient (Wildman–Crippen LogP) is 7.47. The van der Waals surface area contributed by atoms with Crippen LogP contribution in [0.5, 0.6) is 0 Å². The lowest BCUT2D eigenvalue weighted by atomic mass is 9.94. The zero-order valence-electron chi connectivity index (χ0n) is 10.2. The summed E-state index contributed by atoms with van der Waals surface area (Å²) < 4.78 is 0. The molecule has 0 fully saturated rings. The van der Waals surface area contributed by atoms with Crippen LogP contribution in [0.15, 0.2) is 58.3 Å². The molecule has 0 aromatic heterocycles. The SMILES string of the molecule is ISc1cc2cccc3cc(SI)c4cccc1c4c23. The molecule has 0 aliphatic rings. The fraction of sp³-hybridized carbons (Fsp3) is 0. The van der Waals surface area contributed by atoms with E-state index in [1.807, 2.05) is 0 Å². The molecule has 98 valence electrons. The molecule has 0 bridgehead atoms. The lowest BCUT2D eigenvalue weighted by Crippen LogP contribution is -1.87. The molecule has 0 aliphatic carbocycles. The predicted molar refractivity (Wildman–Crippen MR) is 110 cm³/mol. The van der Waals surface area contributed by atoms with Crippen molar-refractivity contribution in [3.63, 3.8) is 0 Å². The van der Waals surface area contributed by atoms with Crippen molar-refractivity contribution in [3.05, 3.63) is 48.5 Å². The minimum absolute atomic E-state index is 1.34. The second-order valence-corrected chi connectivity index (χ2v) is 8.54. The molecule has 0 radical (unpaired) electrons. The summed E-state index contributed by atoms with van der Waals surface area (Å²) in [5, 5.41) is 8.25. The van der Waals surface area contributed by atoms with Crippen molar-refractivity contribution in [1.29, 1.82) is 0 Å². The van der Waals surface area contributed by atoms with Gasteiger partial charge < -0.3 is 0 Å². The van der Waals surface area contributed by atoms with E-state index in [1.54, 1.807) is 17.9 Å². The quantitative estimate of drug-likeness (QED) is 0.200. The van der Waals surface area contributed by atoms with Gasteiger partial charge in [-0.3, -0.25) is 0 Å². The first-order chi connectivity index (χ1) is 9.83. The van der Waals surface area contributed by atoms with E-state index in [2.05, 4.69) is 90.9 Å². The zero-order chi connectivity index (χ0) is 13.7. The van der Waals surface area contributed by atoms with Gasteiger partial charge in [0.15, 0.2) is 0 Å². The third-order valence-corrected chi connectivity index (χ3v) is 7.57. The zero-order valence-corrected chi connectivity index (χ0v) is 16.1. The fourth-order valence-electron chi connectivity index (χ4n) is 2.92. The van der Waals surface area contributed by atoms with E-state index in [0.717, 1.165) is 0 Å². The molecule has 4 rings (SSSR count). The van der Waals surface area contributed by atoms with E-state index in [-0.39, 0.29) is 0 Å². The van der Waals surface area contributed by atoms with Crippen LogP contribution in [0.4, 0.5) is 0 Å². The van der Waals surface area contributed by atoms with Crippen LogP contribution in [-0.4, -0.2) is 0 Å². The Balaban J connectivity index is 2.39. The minimum Gasteiger partial charge on any atom is -0.0610 e. The number of hydrogen-bond donors (Lipinski definition) is 0. The summed E-state index contributed by atoms with van der Waals surface area (Å²) in [6.45, 7) is 0. The van der Waals surface area contributed by atoms with Gasteiger partial charge in [-0.2, -0.15) is 0 Å². The maximum atomic E-state index is 2.38. The summed E-state index contributed by atoms with van der Waals surface area (Å²) in [5.41, 5.74) is 0. The molecule has 0 aliphatic heterocycles. The first-order valence-electron chi connectivity index (χ1n) is 6.11. The van der Waals surface area contributed by atoms with Gasteiger partial charge in [-0.15, -0.1) is 0 Å². The highest BCUT2D eigenvalue weighted by Gasteiger charge is 2.14. The summed E-state index contributed by atoms with van der Waals surface area (Å²) in [5.74, 6) is 0. The van der Waals surface area contributed by atoms with Crippen LogP contribution in [0.25, 0.3) is 32.3 Å². The minimum atomic E-state index is 1.34.